The summed E-state index contributed by atoms with van der Waals surface area (Å²) < 4.78 is 0. The van der Waals surface area contributed by atoms with Crippen molar-refractivity contribution in [3.05, 3.63) is 0 Å². The molecule has 0 aromatic carbocycles. The zero-order valence-corrected chi connectivity index (χ0v) is 49.0. The van der Waals surface area contributed by atoms with E-state index in [-0.39, 0.29) is 50.5 Å². The normalized spacial score (nSPS) is 14.1. The summed E-state index contributed by atoms with van der Waals surface area (Å²) in [7, 11) is 0.0648. The minimum absolute atomic E-state index is 0. The fraction of sp³-hybridized carbons (Fsp3) is 1.00. The summed E-state index contributed by atoms with van der Waals surface area (Å²) in [6.07, 6.45) is 0. The van der Waals surface area contributed by atoms with Gasteiger partial charge < -0.3 is 0 Å². The Morgan fingerprint density at radius 2 is 0.161 bits per heavy atom. The highest BCUT2D eigenvalue weighted by atomic mass is 31.1. The van der Waals surface area contributed by atoms with Crippen LogP contribution in [-0.4, -0.2) is 61.9 Å². The third-order valence-corrected chi connectivity index (χ3v) is 24.1. The third kappa shape index (κ3) is 30.5. The molecule has 8 heteroatoms. The molecule has 0 amide bonds. The summed E-state index contributed by atoms with van der Waals surface area (Å²) in [5.74, 6) is 0. The first-order chi connectivity index (χ1) is 21.5. The van der Waals surface area contributed by atoms with Gasteiger partial charge in [-0.05, 0) is 61.9 Å². The van der Waals surface area contributed by atoms with Gasteiger partial charge in [0.2, 0.25) is 0 Å². The van der Waals surface area contributed by atoms with Gasteiger partial charge in [-0.15, -0.1) is 0 Å². The van der Waals surface area contributed by atoms with E-state index in [1.165, 1.54) is 0 Å². The minimum Gasteiger partial charge on any atom is -0.269 e. The van der Waals surface area contributed by atoms with Crippen molar-refractivity contribution in [2.45, 2.75) is 311 Å². The topological polar surface area (TPSA) is 0 Å². The van der Waals surface area contributed by atoms with Crippen molar-refractivity contribution in [2.24, 2.45) is 0 Å². The summed E-state index contributed by atoms with van der Waals surface area (Å²) >= 11 is 0. The summed E-state index contributed by atoms with van der Waals surface area (Å²) in [5, 5.41) is 5.40. The van der Waals surface area contributed by atoms with Crippen LogP contribution in [0.1, 0.15) is 249 Å². The fourth-order valence-electron chi connectivity index (χ4n) is 12.1. The van der Waals surface area contributed by atoms with Crippen LogP contribution in [0.3, 0.4) is 0 Å². The van der Waals surface area contributed by atoms with E-state index < -0.39 is 0 Å². The molecule has 56 heavy (non-hydrogen) atoms. The van der Waals surface area contributed by atoms with Crippen molar-refractivity contribution in [3.8, 4) is 0 Å². The fourth-order valence-corrected chi connectivity index (χ4v) is 36.2. The highest BCUT2D eigenvalue weighted by Gasteiger charge is 2.44. The number of rotatable bonds is 0. The maximum Gasteiger partial charge on any atom is -0.0170 e. The van der Waals surface area contributed by atoms with Gasteiger partial charge in [-0.2, -0.15) is 0 Å². The van der Waals surface area contributed by atoms with E-state index >= 15 is 0 Å². The van der Waals surface area contributed by atoms with E-state index in [9.17, 15) is 0 Å². The lowest BCUT2D eigenvalue weighted by Crippen LogP contribution is -2.34. The Morgan fingerprint density at radius 3 is 0.161 bits per heavy atom. The van der Waals surface area contributed by atoms with Crippen LogP contribution in [-0.2, 0) is 0 Å². The molecule has 0 spiro atoms. The monoisotopic (exact) mass is 889 g/mol. The third-order valence-electron chi connectivity index (χ3n) is 8.05. The van der Waals surface area contributed by atoms with E-state index in [0.717, 1.165) is 0 Å². The zero-order valence-electron chi connectivity index (χ0n) is 45.4. The average molecular weight is 889 g/mol. The van der Waals surface area contributed by atoms with Crippen LogP contribution >= 0.6 is 31.7 Å². The molecule has 0 nitrogen and oxygen atoms in total. The molecule has 0 unspecified atom stereocenters. The highest BCUT2D eigenvalue weighted by Crippen LogP contribution is 2.69. The van der Waals surface area contributed by atoms with Crippen LogP contribution in [0.5, 0.6) is 0 Å². The van der Waals surface area contributed by atoms with Crippen molar-refractivity contribution >= 4 is 31.7 Å². The van der Waals surface area contributed by atoms with Gasteiger partial charge in [0.1, 0.15) is 0 Å². The minimum atomic E-state index is 0. The second-order valence-corrected chi connectivity index (χ2v) is 46.2. The lowest BCUT2D eigenvalue weighted by Gasteiger charge is -2.49. The van der Waals surface area contributed by atoms with Crippen molar-refractivity contribution < 1.29 is 18.8 Å². The van der Waals surface area contributed by atoms with Gasteiger partial charge in [-0.25, -0.2) is 0 Å². The Morgan fingerprint density at radius 1 is 0.125 bits per heavy atom. The maximum absolute atomic E-state index is 2.38. The van der Waals surface area contributed by atoms with Crippen LogP contribution < -0.4 is 0 Å². The van der Waals surface area contributed by atoms with Gasteiger partial charge in [0, 0.05) is 0 Å². The quantitative estimate of drug-likeness (QED) is 0.168. The number of hydrogen-bond donors (Lipinski definition) is 0. The molecule has 0 bridgehead atoms. The summed E-state index contributed by atoms with van der Waals surface area (Å²) in [6, 6.07) is 0. The second kappa shape index (κ2) is 23.8. The second-order valence-electron chi connectivity index (χ2n) is 27.4. The first kappa shape index (κ1) is 74.9. The summed E-state index contributed by atoms with van der Waals surface area (Å²) in [4.78, 5) is 0. The molecule has 0 aliphatic heterocycles. The zero-order chi connectivity index (χ0) is 44.3. The Balaban J connectivity index is -0.0000000893. The first-order valence-corrected chi connectivity index (χ1v) is 26.0. The van der Waals surface area contributed by atoms with Crippen molar-refractivity contribution in [2.75, 3.05) is 0 Å². The van der Waals surface area contributed by atoms with Gasteiger partial charge in [0.05, 0.1) is 0 Å². The lowest BCUT2D eigenvalue weighted by molar-refractivity contribution is 0.643. The molecule has 352 valence electrons. The van der Waals surface area contributed by atoms with E-state index in [2.05, 4.69) is 249 Å². The molecule has 0 aromatic rings. The van der Waals surface area contributed by atoms with Crippen molar-refractivity contribution in [3.63, 3.8) is 0 Å². The Bertz CT molecular complexity index is 700. The molecule has 0 aromatic heterocycles. The van der Waals surface area contributed by atoms with E-state index in [1.807, 2.05) is 0 Å². The average Bonchev–Trinajstić information content (AvgIpc) is 2.51. The Labute approximate surface area is 360 Å². The standard InChI is InChI=1S/4C12H27P.4FH/c4*1-10(2,3)13(11(4,5)6)12(7,8)9;;;;/h4*1-9H3;4*1H. The Hall–Kier alpha value is 1.44. The maximum atomic E-state index is 2.38. The van der Waals surface area contributed by atoms with Crippen LogP contribution in [0.2, 0.25) is 0 Å². The van der Waals surface area contributed by atoms with Crippen LogP contribution in [0.15, 0.2) is 0 Å². The molecule has 0 aliphatic carbocycles. The van der Waals surface area contributed by atoms with Gasteiger partial charge in [-0.1, -0.05) is 281 Å². The summed E-state index contributed by atoms with van der Waals surface area (Å²) in [6.45, 7) is 85.8. The van der Waals surface area contributed by atoms with E-state index in [4.69, 9.17) is 0 Å². The van der Waals surface area contributed by atoms with Gasteiger partial charge in [0.15, 0.2) is 0 Å². The lowest BCUT2D eigenvalue weighted by atomic mass is 10.2. The molecular weight excluding hydrogens is 776 g/mol. The first-order valence-electron chi connectivity index (χ1n) is 20.7. The Kier molecular flexibility index (Phi) is 31.8. The molecule has 0 heterocycles. The molecule has 0 saturated carbocycles. The molecule has 0 fully saturated rings. The van der Waals surface area contributed by atoms with Gasteiger partial charge in [0.25, 0.3) is 0 Å². The molecule has 0 rings (SSSR count). The molecule has 0 saturated heterocycles. The molecule has 0 atom stereocenters. The van der Waals surface area contributed by atoms with E-state index in [0.29, 0.717) is 61.9 Å². The van der Waals surface area contributed by atoms with Crippen molar-refractivity contribution in [1.82, 2.24) is 0 Å². The highest BCUT2D eigenvalue weighted by molar-refractivity contribution is 7.63. The predicted molar refractivity (Wildman–Crippen MR) is 275 cm³/mol. The molecule has 0 radical (unpaired) electrons. The SMILES string of the molecule is CC(C)(C)P(C(C)(C)C)C(C)(C)C.CC(C)(C)P(C(C)(C)C)C(C)(C)C.CC(C)(C)P(C(C)(C)C)C(C)(C)C.CC(C)(C)P(C(C)(C)C)C(C)(C)C.F.F.F.F. The van der Waals surface area contributed by atoms with Crippen molar-refractivity contribution in [1.29, 1.82) is 0 Å². The van der Waals surface area contributed by atoms with Crippen LogP contribution in [0, 0.1) is 0 Å². The van der Waals surface area contributed by atoms with Crippen LogP contribution in [0.4, 0.5) is 18.8 Å². The largest absolute Gasteiger partial charge is 0.269 e. The van der Waals surface area contributed by atoms with E-state index in [1.54, 1.807) is 0 Å². The summed E-state index contributed by atoms with van der Waals surface area (Å²) in [5.41, 5.74) is 0. The smallest absolute Gasteiger partial charge is 0.0170 e. The molecular formula is C48H112F4P4. The number of hydrogen-bond acceptors (Lipinski definition) is 0. The molecule has 0 aliphatic rings. The predicted octanol–water partition coefficient (Wildman–Crippen LogP) is 20.1. The number of halogens is 4. The molecule has 0 N–H and O–H groups in total. The van der Waals surface area contributed by atoms with Crippen LogP contribution in [0.25, 0.3) is 0 Å². The van der Waals surface area contributed by atoms with Gasteiger partial charge >= 0.3 is 0 Å². The van der Waals surface area contributed by atoms with Gasteiger partial charge in [-0.3, -0.25) is 18.8 Å².